The van der Waals surface area contributed by atoms with Gasteiger partial charge in [-0.15, -0.1) is 11.8 Å². The molecule has 2 aromatic rings. The predicted octanol–water partition coefficient (Wildman–Crippen LogP) is 6.51. The average Bonchev–Trinajstić information content (AvgIpc) is 2.80. The highest BCUT2D eigenvalue weighted by Crippen LogP contribution is 2.42. The first-order chi connectivity index (χ1) is 16.0. The molecule has 33 heavy (non-hydrogen) atoms. The lowest BCUT2D eigenvalue weighted by Crippen LogP contribution is -2.26. The van der Waals surface area contributed by atoms with Crippen LogP contribution in [0.15, 0.2) is 41.6 Å². The molecule has 0 fully saturated rings. The molecule has 1 atom stereocenters. The number of pyridine rings is 1. The Kier molecular flexibility index (Phi) is 9.26. The summed E-state index contributed by atoms with van der Waals surface area (Å²) in [6.45, 7) is 9.59. The van der Waals surface area contributed by atoms with E-state index in [4.69, 9.17) is 9.47 Å². The normalized spacial score (nSPS) is 14.9. The van der Waals surface area contributed by atoms with Crippen LogP contribution in [0.3, 0.4) is 0 Å². The zero-order valence-electron chi connectivity index (χ0n) is 20.3. The van der Waals surface area contributed by atoms with Gasteiger partial charge in [0.25, 0.3) is 0 Å². The summed E-state index contributed by atoms with van der Waals surface area (Å²) in [4.78, 5) is 18.0. The number of ether oxygens (including phenoxy) is 2. The van der Waals surface area contributed by atoms with Crippen molar-refractivity contribution in [2.45, 2.75) is 76.0 Å². The van der Waals surface area contributed by atoms with Gasteiger partial charge in [-0.2, -0.15) is 0 Å². The molecular formula is C28H35NO3S. The molecule has 0 N–H and O–H groups in total. The molecule has 1 aliphatic rings. The number of nitrogens with zero attached hydrogens (tertiary/aromatic N) is 1. The Bertz CT molecular complexity index is 991. The topological polar surface area (TPSA) is 48.4 Å². The van der Waals surface area contributed by atoms with Gasteiger partial charge in [0.05, 0.1) is 13.2 Å². The number of carbonyl (C=O) groups excluding carboxylic acids is 1. The lowest BCUT2D eigenvalue weighted by atomic mass is 9.79. The summed E-state index contributed by atoms with van der Waals surface area (Å²) in [5.74, 6) is 7.54. The van der Waals surface area contributed by atoms with Crippen molar-refractivity contribution >= 4 is 17.7 Å². The summed E-state index contributed by atoms with van der Waals surface area (Å²) in [6.07, 6.45) is 9.26. The zero-order chi connectivity index (χ0) is 23.7. The molecule has 5 heteroatoms. The first-order valence-corrected chi connectivity index (χ1v) is 13.0. The number of thioether (sulfide) groups is 1. The quantitative estimate of drug-likeness (QED) is 0.183. The Balaban J connectivity index is 1.97. The fourth-order valence-corrected chi connectivity index (χ4v) is 4.91. The number of hydrogen-bond acceptors (Lipinski definition) is 5. The highest BCUT2D eigenvalue weighted by atomic mass is 32.2. The van der Waals surface area contributed by atoms with Gasteiger partial charge in [0.15, 0.2) is 0 Å². The van der Waals surface area contributed by atoms with Crippen LogP contribution >= 0.6 is 11.8 Å². The van der Waals surface area contributed by atoms with Crippen LogP contribution in [0.2, 0.25) is 0 Å². The molecule has 4 nitrogen and oxygen atoms in total. The highest BCUT2D eigenvalue weighted by molar-refractivity contribution is 7.99. The number of hydrogen-bond donors (Lipinski definition) is 0. The van der Waals surface area contributed by atoms with Crippen molar-refractivity contribution in [3.63, 3.8) is 0 Å². The number of fused-ring (bicyclic) bond motifs is 1. The van der Waals surface area contributed by atoms with Crippen molar-refractivity contribution in [1.29, 1.82) is 0 Å². The number of aromatic nitrogens is 1. The van der Waals surface area contributed by atoms with Crippen molar-refractivity contribution in [2.24, 2.45) is 0 Å². The molecule has 3 rings (SSSR count). The van der Waals surface area contributed by atoms with Gasteiger partial charge in [-0.25, -0.2) is 0 Å². The zero-order valence-corrected chi connectivity index (χ0v) is 21.1. The van der Waals surface area contributed by atoms with Gasteiger partial charge in [0.1, 0.15) is 11.7 Å². The molecule has 0 amide bonds. The molecule has 0 radical (unpaired) electrons. The molecule has 2 heterocycles. The van der Waals surface area contributed by atoms with Crippen molar-refractivity contribution in [3.05, 3.63) is 53.3 Å². The van der Waals surface area contributed by atoms with E-state index in [1.54, 1.807) is 12.4 Å². The fraction of sp³-hybridized carbons (Fsp3) is 0.500. The van der Waals surface area contributed by atoms with Crippen LogP contribution in [0, 0.1) is 11.8 Å². The van der Waals surface area contributed by atoms with Crippen LogP contribution in [0.25, 0.3) is 0 Å². The third kappa shape index (κ3) is 6.77. The maximum atomic E-state index is 12.7. The van der Waals surface area contributed by atoms with Crippen LogP contribution < -0.4 is 4.74 Å². The van der Waals surface area contributed by atoms with Gasteiger partial charge in [0, 0.05) is 28.4 Å². The van der Waals surface area contributed by atoms with E-state index >= 15 is 0 Å². The summed E-state index contributed by atoms with van der Waals surface area (Å²) < 4.78 is 11.3. The van der Waals surface area contributed by atoms with Gasteiger partial charge < -0.3 is 9.47 Å². The molecule has 0 saturated heterocycles. The molecule has 0 bridgehead atoms. The Morgan fingerprint density at radius 2 is 2.12 bits per heavy atom. The Hall–Kier alpha value is -2.45. The Labute approximate surface area is 202 Å². The molecule has 1 aromatic carbocycles. The standard InChI is InChI=1S/C28H35NO3S/c1-5-7-8-9-17-33-26-19-25-24(28(3,4)14-16-32-25)18-21(26)12-13-23(27(30)31-6-2)22-11-10-15-29-20-22/h10-11,15,18-20,23H,5-9,14,16-17H2,1-4H3. The molecule has 1 unspecified atom stereocenters. The van der Waals surface area contributed by atoms with Crippen LogP contribution in [0.1, 0.15) is 82.4 Å². The summed E-state index contributed by atoms with van der Waals surface area (Å²) in [5.41, 5.74) is 2.91. The number of esters is 1. The third-order valence-corrected chi connectivity index (χ3v) is 7.08. The van der Waals surface area contributed by atoms with Gasteiger partial charge in [0.2, 0.25) is 0 Å². The summed E-state index contributed by atoms with van der Waals surface area (Å²) >= 11 is 1.83. The molecule has 1 aromatic heterocycles. The van der Waals surface area contributed by atoms with E-state index in [0.717, 1.165) is 40.6 Å². The maximum Gasteiger partial charge on any atom is 0.325 e. The molecule has 0 aliphatic carbocycles. The van der Waals surface area contributed by atoms with Gasteiger partial charge in [-0.1, -0.05) is 57.9 Å². The van der Waals surface area contributed by atoms with E-state index in [1.165, 1.54) is 31.2 Å². The van der Waals surface area contributed by atoms with Crippen molar-refractivity contribution in [2.75, 3.05) is 19.0 Å². The van der Waals surface area contributed by atoms with Gasteiger partial charge in [-0.3, -0.25) is 9.78 Å². The van der Waals surface area contributed by atoms with Crippen molar-refractivity contribution < 1.29 is 14.3 Å². The number of benzene rings is 1. The Morgan fingerprint density at radius 1 is 1.27 bits per heavy atom. The second kappa shape index (κ2) is 12.1. The van der Waals surface area contributed by atoms with Crippen LogP contribution in [-0.2, 0) is 14.9 Å². The molecule has 176 valence electrons. The second-order valence-corrected chi connectivity index (χ2v) is 10.1. The minimum absolute atomic E-state index is 0.0260. The fourth-order valence-electron chi connectivity index (χ4n) is 3.89. The van der Waals surface area contributed by atoms with Gasteiger partial charge >= 0.3 is 5.97 Å². The van der Waals surface area contributed by atoms with E-state index in [-0.39, 0.29) is 11.4 Å². The average molecular weight is 466 g/mol. The minimum atomic E-state index is -0.665. The maximum absolute atomic E-state index is 12.7. The van der Waals surface area contributed by atoms with E-state index in [1.807, 2.05) is 30.8 Å². The van der Waals surface area contributed by atoms with Crippen molar-refractivity contribution in [1.82, 2.24) is 4.98 Å². The molecule has 0 saturated carbocycles. The van der Waals surface area contributed by atoms with E-state index < -0.39 is 5.92 Å². The second-order valence-electron chi connectivity index (χ2n) is 8.98. The summed E-state index contributed by atoms with van der Waals surface area (Å²) in [7, 11) is 0. The van der Waals surface area contributed by atoms with Crippen LogP contribution in [0.5, 0.6) is 5.75 Å². The summed E-state index contributed by atoms with van der Waals surface area (Å²) in [6, 6.07) is 8.01. The molecule has 0 spiro atoms. The number of unbranched alkanes of at least 4 members (excludes halogenated alkanes) is 3. The largest absolute Gasteiger partial charge is 0.493 e. The van der Waals surface area contributed by atoms with E-state index in [9.17, 15) is 4.79 Å². The van der Waals surface area contributed by atoms with Crippen molar-refractivity contribution in [3.8, 4) is 17.6 Å². The number of rotatable bonds is 9. The first kappa shape index (κ1) is 25.2. The lowest BCUT2D eigenvalue weighted by Gasteiger charge is -2.33. The monoisotopic (exact) mass is 465 g/mol. The van der Waals surface area contributed by atoms with E-state index in [2.05, 4.69) is 49.7 Å². The Morgan fingerprint density at radius 3 is 2.85 bits per heavy atom. The summed E-state index contributed by atoms with van der Waals surface area (Å²) in [5, 5.41) is 0. The molecular weight excluding hydrogens is 430 g/mol. The van der Waals surface area contributed by atoms with E-state index in [0.29, 0.717) is 6.61 Å². The highest BCUT2D eigenvalue weighted by Gasteiger charge is 2.30. The SMILES string of the molecule is CCCCCCSc1cc2c(cc1C#CC(C(=O)OCC)c1cccnc1)C(C)(C)CCO2. The molecule has 1 aliphatic heterocycles. The smallest absolute Gasteiger partial charge is 0.325 e. The number of carbonyl (C=O) groups is 1. The third-order valence-electron chi connectivity index (χ3n) is 5.94. The lowest BCUT2D eigenvalue weighted by molar-refractivity contribution is -0.143. The predicted molar refractivity (Wildman–Crippen MR) is 135 cm³/mol. The van der Waals surface area contributed by atoms with Gasteiger partial charge in [-0.05, 0) is 54.7 Å². The minimum Gasteiger partial charge on any atom is -0.493 e. The van der Waals surface area contributed by atoms with Crippen LogP contribution in [-0.4, -0.2) is 29.9 Å². The van der Waals surface area contributed by atoms with Crippen LogP contribution in [0.4, 0.5) is 0 Å². The first-order valence-electron chi connectivity index (χ1n) is 12.0.